The molecule has 1 spiro atoms. The van der Waals surface area contributed by atoms with Crippen molar-refractivity contribution in [2.24, 2.45) is 11.8 Å². The van der Waals surface area contributed by atoms with Crippen LogP contribution in [0.3, 0.4) is 0 Å². The summed E-state index contributed by atoms with van der Waals surface area (Å²) in [7, 11) is 0. The van der Waals surface area contributed by atoms with Gasteiger partial charge in [-0.25, -0.2) is 0 Å². The van der Waals surface area contributed by atoms with Gasteiger partial charge in [-0.3, -0.25) is 14.4 Å². The average molecular weight is 531 g/mol. The van der Waals surface area contributed by atoms with Gasteiger partial charge in [-0.2, -0.15) is 0 Å². The molecular weight excluding hydrogens is 496 g/mol. The molecule has 4 rings (SSSR count). The number of carbonyl (C=O) groups excluding carboxylic acids is 3. The molecule has 2 amide bonds. The molecule has 9 heteroatoms. The molecule has 0 aromatic heterocycles. The molecule has 1 aromatic carbocycles. The molecule has 5 atom stereocenters. The Balaban J connectivity index is 1.75. The van der Waals surface area contributed by atoms with Gasteiger partial charge in [-0.05, 0) is 51.2 Å². The van der Waals surface area contributed by atoms with Crippen LogP contribution in [0.1, 0.15) is 38.2 Å². The predicted octanol–water partition coefficient (Wildman–Crippen LogP) is 3.43. The fraction of sp³-hybridized carbons (Fsp3) is 0.536. The minimum Gasteiger partial charge on any atom is -0.465 e. The topological polar surface area (TPSA) is 96.4 Å². The van der Waals surface area contributed by atoms with Crippen molar-refractivity contribution in [2.45, 2.75) is 56.8 Å². The molecule has 200 valence electrons. The molecule has 3 fully saturated rings. The number of likely N-dealkylation sites (tertiary alicyclic amines) is 1. The second kappa shape index (κ2) is 10.6. The number of ether oxygens (including phenoxy) is 2. The zero-order valence-corrected chi connectivity index (χ0v) is 22.2. The molecule has 3 saturated heterocycles. The average Bonchev–Trinajstić information content (AvgIpc) is 3.42. The third-order valence-corrected chi connectivity index (χ3v) is 8.24. The highest BCUT2D eigenvalue weighted by atomic mass is 35.5. The summed E-state index contributed by atoms with van der Waals surface area (Å²) in [6.45, 7) is 11.1. The first-order chi connectivity index (χ1) is 17.7. The summed E-state index contributed by atoms with van der Waals surface area (Å²) in [5.74, 6) is -2.97. The molecule has 3 aliphatic heterocycles. The standard InChI is InChI=1S/C28H35ClN2O6/c1-5-7-8-17-36-26(35)21-20-24(33)31(15-16-32)23(28(20)13-12-27(21,4)37-28)25(34)30(14-6-2)22-18(3)10-9-11-19(22)29/h5-6,9-11,20-21,23,32H,1-2,7-8,12-17H2,3-4H3/t20-,21-,23?,27+,28?/m0/s1. The largest absolute Gasteiger partial charge is 0.465 e. The monoisotopic (exact) mass is 530 g/mol. The molecule has 3 heterocycles. The number of nitrogens with zero attached hydrogens (tertiary/aromatic N) is 2. The number of amides is 2. The molecule has 0 saturated carbocycles. The molecule has 1 N–H and O–H groups in total. The van der Waals surface area contributed by atoms with Gasteiger partial charge in [0, 0.05) is 13.1 Å². The minimum absolute atomic E-state index is 0.0574. The van der Waals surface area contributed by atoms with Gasteiger partial charge < -0.3 is 24.4 Å². The number of carbonyl (C=O) groups is 3. The number of halogens is 1. The lowest BCUT2D eigenvalue weighted by molar-refractivity contribution is -0.159. The van der Waals surface area contributed by atoms with Crippen LogP contribution in [0.4, 0.5) is 5.69 Å². The van der Waals surface area contributed by atoms with Crippen LogP contribution in [0.5, 0.6) is 0 Å². The first-order valence-electron chi connectivity index (χ1n) is 12.7. The van der Waals surface area contributed by atoms with E-state index >= 15 is 0 Å². The SMILES string of the molecule is C=CCCCOC(=O)[C@@H]1[C@H]2C(=O)N(CCO)C(C(=O)N(CC=C)c3c(C)cccc3Cl)C23CC[C@@]1(C)O3. The van der Waals surface area contributed by atoms with Crippen LogP contribution in [0.2, 0.25) is 5.02 Å². The van der Waals surface area contributed by atoms with E-state index in [1.807, 2.05) is 19.9 Å². The van der Waals surface area contributed by atoms with Crippen LogP contribution in [-0.2, 0) is 23.9 Å². The Hall–Kier alpha value is -2.68. The lowest BCUT2D eigenvalue weighted by atomic mass is 9.66. The number of unbranched alkanes of at least 4 members (excludes halogenated alkanes) is 1. The first-order valence-corrected chi connectivity index (χ1v) is 13.1. The van der Waals surface area contributed by atoms with Crippen molar-refractivity contribution in [1.82, 2.24) is 4.90 Å². The highest BCUT2D eigenvalue weighted by Gasteiger charge is 2.78. The van der Waals surface area contributed by atoms with Crippen molar-refractivity contribution in [3.8, 4) is 0 Å². The van der Waals surface area contributed by atoms with Gasteiger partial charge in [0.2, 0.25) is 5.91 Å². The molecular formula is C28H35ClN2O6. The van der Waals surface area contributed by atoms with Gasteiger partial charge >= 0.3 is 5.97 Å². The summed E-state index contributed by atoms with van der Waals surface area (Å²) in [4.78, 5) is 44.4. The Morgan fingerprint density at radius 3 is 2.73 bits per heavy atom. The number of hydrogen-bond donors (Lipinski definition) is 1. The molecule has 0 aliphatic carbocycles. The Morgan fingerprint density at radius 2 is 2.08 bits per heavy atom. The van der Waals surface area contributed by atoms with E-state index < -0.39 is 35.0 Å². The number of anilines is 1. The summed E-state index contributed by atoms with van der Waals surface area (Å²) in [6.07, 6.45) is 5.63. The number of benzene rings is 1. The smallest absolute Gasteiger partial charge is 0.312 e. The molecule has 3 aliphatic rings. The molecule has 1 aromatic rings. The molecule has 2 bridgehead atoms. The minimum atomic E-state index is -1.21. The van der Waals surface area contributed by atoms with Gasteiger partial charge in [0.1, 0.15) is 17.6 Å². The molecule has 0 radical (unpaired) electrons. The first kappa shape index (κ1) is 27.4. The van der Waals surface area contributed by atoms with Crippen LogP contribution in [0, 0.1) is 18.8 Å². The molecule has 2 unspecified atom stereocenters. The number of aryl methyl sites for hydroxylation is 1. The summed E-state index contributed by atoms with van der Waals surface area (Å²) in [5, 5.41) is 10.2. The van der Waals surface area contributed by atoms with Gasteiger partial charge in [0.05, 0.1) is 35.4 Å². The highest BCUT2D eigenvalue weighted by Crippen LogP contribution is 2.63. The summed E-state index contributed by atoms with van der Waals surface area (Å²) in [5.41, 5.74) is -0.817. The zero-order chi connectivity index (χ0) is 27.0. The number of para-hydroxylation sites is 1. The number of aliphatic hydroxyl groups excluding tert-OH is 1. The maximum absolute atomic E-state index is 14.4. The highest BCUT2D eigenvalue weighted by molar-refractivity contribution is 6.34. The van der Waals surface area contributed by atoms with Crippen molar-refractivity contribution < 1.29 is 29.0 Å². The fourth-order valence-electron chi connectivity index (χ4n) is 6.43. The Bertz CT molecular complexity index is 1090. The molecule has 37 heavy (non-hydrogen) atoms. The third kappa shape index (κ3) is 4.39. The summed E-state index contributed by atoms with van der Waals surface area (Å²) >= 11 is 6.54. The third-order valence-electron chi connectivity index (χ3n) is 7.94. The van der Waals surface area contributed by atoms with Crippen molar-refractivity contribution in [2.75, 3.05) is 31.2 Å². The van der Waals surface area contributed by atoms with Gasteiger partial charge in [0.15, 0.2) is 0 Å². The van der Waals surface area contributed by atoms with Crippen LogP contribution < -0.4 is 4.90 Å². The second-order valence-corrected chi connectivity index (χ2v) is 10.6. The van der Waals surface area contributed by atoms with Crippen molar-refractivity contribution >= 4 is 35.1 Å². The van der Waals surface area contributed by atoms with Crippen LogP contribution >= 0.6 is 11.6 Å². The van der Waals surface area contributed by atoms with Crippen LogP contribution in [-0.4, -0.2) is 71.3 Å². The normalized spacial score (nSPS) is 29.8. The van der Waals surface area contributed by atoms with Gasteiger partial charge in [-0.1, -0.05) is 35.9 Å². The number of esters is 1. The maximum atomic E-state index is 14.4. The fourth-order valence-corrected chi connectivity index (χ4v) is 6.76. The van der Waals surface area contributed by atoms with Gasteiger partial charge in [-0.15, -0.1) is 13.2 Å². The van der Waals surface area contributed by atoms with E-state index in [-0.39, 0.29) is 38.1 Å². The van der Waals surface area contributed by atoms with E-state index in [2.05, 4.69) is 13.2 Å². The van der Waals surface area contributed by atoms with Crippen molar-refractivity contribution in [3.63, 3.8) is 0 Å². The summed E-state index contributed by atoms with van der Waals surface area (Å²) in [6, 6.07) is 4.33. The van der Waals surface area contributed by atoms with E-state index in [4.69, 9.17) is 21.1 Å². The van der Waals surface area contributed by atoms with Crippen molar-refractivity contribution in [1.29, 1.82) is 0 Å². The maximum Gasteiger partial charge on any atom is 0.312 e. The van der Waals surface area contributed by atoms with Crippen LogP contribution in [0.25, 0.3) is 0 Å². The zero-order valence-electron chi connectivity index (χ0n) is 21.5. The summed E-state index contributed by atoms with van der Waals surface area (Å²) < 4.78 is 12.1. The van der Waals surface area contributed by atoms with E-state index in [0.717, 1.165) is 5.56 Å². The predicted molar refractivity (Wildman–Crippen MR) is 140 cm³/mol. The second-order valence-electron chi connectivity index (χ2n) is 10.2. The number of hydrogen-bond acceptors (Lipinski definition) is 6. The number of rotatable bonds is 11. The van der Waals surface area contributed by atoms with E-state index in [1.54, 1.807) is 24.3 Å². The lowest BCUT2D eigenvalue weighted by Gasteiger charge is -2.37. The van der Waals surface area contributed by atoms with E-state index in [1.165, 1.54) is 9.80 Å². The molecule has 8 nitrogen and oxygen atoms in total. The Morgan fingerprint density at radius 1 is 1.32 bits per heavy atom. The quantitative estimate of drug-likeness (QED) is 0.267. The van der Waals surface area contributed by atoms with E-state index in [0.29, 0.717) is 36.4 Å². The Labute approximate surface area is 222 Å². The lowest BCUT2D eigenvalue weighted by Crippen LogP contribution is -2.57. The van der Waals surface area contributed by atoms with E-state index in [9.17, 15) is 19.5 Å². The Kier molecular flexibility index (Phi) is 7.83. The number of β-amino-alcohol motifs (C(OH)–C–C–N with tert-alkyl or cyclic N) is 1. The van der Waals surface area contributed by atoms with Crippen molar-refractivity contribution in [3.05, 3.63) is 54.1 Å². The number of aliphatic hydroxyl groups is 1. The number of allylic oxidation sites excluding steroid dienone is 1. The number of fused-ring (bicyclic) bond motifs is 1. The van der Waals surface area contributed by atoms with Gasteiger partial charge in [0.25, 0.3) is 5.91 Å². The van der Waals surface area contributed by atoms with Crippen LogP contribution in [0.15, 0.2) is 43.5 Å².